The summed E-state index contributed by atoms with van der Waals surface area (Å²) in [7, 11) is 0. The summed E-state index contributed by atoms with van der Waals surface area (Å²) in [5, 5.41) is 0. The van der Waals surface area contributed by atoms with Crippen molar-refractivity contribution >= 4 is 6.29 Å². The molecule has 0 bridgehead atoms. The second kappa shape index (κ2) is 2.23. The number of aldehydes is 1. The van der Waals surface area contributed by atoms with Crippen LogP contribution in [0.3, 0.4) is 0 Å². The molecule has 1 heteroatoms. The van der Waals surface area contributed by atoms with Gasteiger partial charge in [-0.1, -0.05) is 0 Å². The first kappa shape index (κ1) is 3.23. The van der Waals surface area contributed by atoms with Crippen LogP contribution in [0.25, 0.3) is 0 Å². The highest BCUT2D eigenvalue weighted by molar-refractivity contribution is 5.69. The molecule has 4 heavy (non-hydrogen) atoms. The Bertz CT molecular complexity index is 48.8. The van der Waals surface area contributed by atoms with Crippen LogP contribution in [-0.4, -0.2) is 6.29 Å². The van der Waals surface area contributed by atoms with Crippen LogP contribution in [0.1, 0.15) is 0 Å². The van der Waals surface area contributed by atoms with Crippen LogP contribution in [0.5, 0.6) is 0 Å². The molecular formula is C3HO. The first-order valence-electron chi connectivity index (χ1n) is 0.774. The molecule has 0 aromatic carbocycles. The van der Waals surface area contributed by atoms with Crippen LogP contribution >= 0.6 is 0 Å². The Hall–Kier alpha value is -0.770. The second-order valence-corrected chi connectivity index (χ2v) is 0.262. The lowest BCUT2D eigenvalue weighted by atomic mass is 10.8. The fourth-order valence-corrected chi connectivity index (χ4v) is 0. The molecule has 0 atom stereocenters. The Morgan fingerprint density at radius 3 is 2.25 bits per heavy atom. The van der Waals surface area contributed by atoms with Crippen molar-refractivity contribution in [2.75, 3.05) is 0 Å². The molecule has 0 aliphatic carbocycles. The highest BCUT2D eigenvalue weighted by Gasteiger charge is 1.37. The van der Waals surface area contributed by atoms with Crippen LogP contribution in [0.4, 0.5) is 0 Å². The third-order valence-corrected chi connectivity index (χ3v) is 0.0589. The van der Waals surface area contributed by atoms with Crippen molar-refractivity contribution in [3.05, 3.63) is 6.42 Å². The summed E-state index contributed by atoms with van der Waals surface area (Å²) in [5.74, 6) is 1.50. The van der Waals surface area contributed by atoms with Crippen molar-refractivity contribution in [3.8, 4) is 5.92 Å². The monoisotopic (exact) mass is 53.0 g/mol. The average Bonchev–Trinajstić information content (AvgIpc) is 1.37. The van der Waals surface area contributed by atoms with Crippen LogP contribution in [0.2, 0.25) is 0 Å². The van der Waals surface area contributed by atoms with E-state index < -0.39 is 0 Å². The van der Waals surface area contributed by atoms with Crippen LogP contribution in [0.15, 0.2) is 0 Å². The van der Waals surface area contributed by atoms with Crippen molar-refractivity contribution in [1.29, 1.82) is 0 Å². The van der Waals surface area contributed by atoms with Crippen molar-refractivity contribution < 1.29 is 4.79 Å². The summed E-state index contributed by atoms with van der Waals surface area (Å²) >= 11 is 0. The van der Waals surface area contributed by atoms with E-state index in [-0.39, 0.29) is 0 Å². The second-order valence-electron chi connectivity index (χ2n) is 0.262. The van der Waals surface area contributed by atoms with Gasteiger partial charge in [-0.3, -0.25) is 4.79 Å². The van der Waals surface area contributed by atoms with Gasteiger partial charge in [0.1, 0.15) is 0 Å². The van der Waals surface area contributed by atoms with E-state index in [1.807, 2.05) is 0 Å². The summed E-state index contributed by atoms with van der Waals surface area (Å²) < 4.78 is 0. The van der Waals surface area contributed by atoms with Crippen LogP contribution in [0, 0.1) is 12.3 Å². The van der Waals surface area contributed by atoms with Crippen molar-refractivity contribution in [3.63, 3.8) is 0 Å². The minimum Gasteiger partial charge on any atom is -0.289 e. The van der Waals surface area contributed by atoms with Crippen molar-refractivity contribution in [1.82, 2.24) is 0 Å². The summed E-state index contributed by atoms with van der Waals surface area (Å²) in [6.45, 7) is 0. The lowest BCUT2D eigenvalue weighted by Gasteiger charge is -1.29. The molecule has 1 radical (unpaired) electrons. The van der Waals surface area contributed by atoms with Gasteiger partial charge in [-0.2, -0.15) is 0 Å². The molecule has 0 saturated heterocycles. The minimum atomic E-state index is 0.292. The summed E-state index contributed by atoms with van der Waals surface area (Å²) in [5.41, 5.74) is 0. The molecule has 19 valence electrons. The van der Waals surface area contributed by atoms with Gasteiger partial charge >= 0.3 is 0 Å². The number of rotatable bonds is 0. The Kier molecular flexibility index (Phi) is 1.80. The smallest absolute Gasteiger partial charge is 0.193 e. The number of carbonyl (C=O) groups excluding carboxylic acids is 1. The zero-order valence-corrected chi connectivity index (χ0v) is 1.99. The molecule has 0 aliphatic rings. The highest BCUT2D eigenvalue weighted by atomic mass is 16.1. The molecule has 0 spiro atoms. The molecule has 0 aromatic heterocycles. The predicted octanol–water partition coefficient (Wildman–Crippen LogP) is -0.225. The van der Waals surface area contributed by atoms with Gasteiger partial charge in [0.25, 0.3) is 0 Å². The Labute approximate surface area is 24.6 Å². The summed E-state index contributed by atoms with van der Waals surface area (Å²) in [4.78, 5) is 8.88. The maximum Gasteiger partial charge on any atom is 0.193 e. The fraction of sp³-hybridized carbons (Fsp3) is 0. The van der Waals surface area contributed by atoms with E-state index in [1.54, 1.807) is 0 Å². The van der Waals surface area contributed by atoms with Gasteiger partial charge in [0.05, 0.1) is 0 Å². The molecule has 0 rings (SSSR count). The van der Waals surface area contributed by atoms with Gasteiger partial charge in [0.15, 0.2) is 6.29 Å². The molecular weight excluding hydrogens is 52.0 g/mol. The Morgan fingerprint density at radius 1 is 2.00 bits per heavy atom. The van der Waals surface area contributed by atoms with Gasteiger partial charge in [-0.15, -0.1) is 0 Å². The van der Waals surface area contributed by atoms with E-state index in [9.17, 15) is 0 Å². The first-order valence-corrected chi connectivity index (χ1v) is 0.774. The predicted molar refractivity (Wildman–Crippen MR) is 13.2 cm³/mol. The molecule has 0 unspecified atom stereocenters. The van der Waals surface area contributed by atoms with Crippen molar-refractivity contribution in [2.45, 2.75) is 0 Å². The quantitative estimate of drug-likeness (QED) is 0.275. The van der Waals surface area contributed by atoms with E-state index in [0.29, 0.717) is 6.29 Å². The van der Waals surface area contributed by atoms with Gasteiger partial charge in [0, 0.05) is 0 Å². The van der Waals surface area contributed by atoms with Gasteiger partial charge < -0.3 is 0 Å². The van der Waals surface area contributed by atoms with Gasteiger partial charge in [-0.05, 0) is 12.3 Å². The summed E-state index contributed by atoms with van der Waals surface area (Å²) in [6.07, 6.45) is 6.12. The lowest BCUT2D eigenvalue weighted by molar-refractivity contribution is -0.103. The molecule has 0 saturated carbocycles. The minimum absolute atomic E-state index is 0.292. The van der Waals surface area contributed by atoms with Crippen LogP contribution in [-0.2, 0) is 4.79 Å². The third kappa shape index (κ3) is 1.23. The molecule has 0 fully saturated rings. The van der Waals surface area contributed by atoms with E-state index in [1.165, 1.54) is 5.92 Å². The first-order chi connectivity index (χ1) is 1.91. The molecule has 0 amide bonds. The van der Waals surface area contributed by atoms with Gasteiger partial charge in [-0.25, -0.2) is 0 Å². The van der Waals surface area contributed by atoms with E-state index >= 15 is 0 Å². The SMILES string of the molecule is [C]#CC=O. The highest BCUT2D eigenvalue weighted by Crippen LogP contribution is 1.20. The zero-order valence-electron chi connectivity index (χ0n) is 1.99. The topological polar surface area (TPSA) is 17.1 Å². The maximum atomic E-state index is 8.88. The maximum absolute atomic E-state index is 8.88. The van der Waals surface area contributed by atoms with E-state index in [2.05, 4.69) is 0 Å². The normalized spacial score (nSPS) is 3.75. The van der Waals surface area contributed by atoms with E-state index in [4.69, 9.17) is 11.2 Å². The molecule has 0 aliphatic heterocycles. The molecule has 0 N–H and O–H groups in total. The number of hydrogen-bond donors (Lipinski definition) is 0. The molecule has 0 heterocycles. The van der Waals surface area contributed by atoms with Crippen LogP contribution < -0.4 is 0 Å². The summed E-state index contributed by atoms with van der Waals surface area (Å²) in [6, 6.07) is 0. The number of hydrogen-bond acceptors (Lipinski definition) is 1. The van der Waals surface area contributed by atoms with Gasteiger partial charge in [0.2, 0.25) is 0 Å². The molecule has 1 nitrogen and oxygen atoms in total. The zero-order chi connectivity index (χ0) is 3.41. The Balaban J connectivity index is 2.92. The van der Waals surface area contributed by atoms with E-state index in [0.717, 1.165) is 0 Å². The van der Waals surface area contributed by atoms with Crippen molar-refractivity contribution in [2.24, 2.45) is 0 Å². The average molecular weight is 53.0 g/mol. The number of carbonyl (C=O) groups is 1. The fourth-order valence-electron chi connectivity index (χ4n) is 0. The molecule has 0 aromatic rings. The Morgan fingerprint density at radius 2 is 2.25 bits per heavy atom. The largest absolute Gasteiger partial charge is 0.289 e. The standard InChI is InChI=1S/C3HO/c1-2-3-4/h3H. The third-order valence-electron chi connectivity index (χ3n) is 0.0589. The lowest BCUT2D eigenvalue weighted by Crippen LogP contribution is -1.46.